The lowest BCUT2D eigenvalue weighted by Crippen LogP contribution is -2.54. The molecule has 1 fully saturated rings. The standard InChI is InChI=1S/C22H26N2O3/c25-20(22(27)10-7-16-4-1-2-5-17(16)14-22)24-19-8-11-21(26,12-9-19)18-6-3-13-23-15-18/h1-6,13,15,19,26-27H,7-12,14H2,(H,24,25). The van der Waals surface area contributed by atoms with Gasteiger partial charge >= 0.3 is 0 Å². The van der Waals surface area contributed by atoms with Crippen molar-refractivity contribution in [3.8, 4) is 0 Å². The molecule has 142 valence electrons. The molecule has 5 nitrogen and oxygen atoms in total. The topological polar surface area (TPSA) is 82.5 Å². The van der Waals surface area contributed by atoms with Crippen molar-refractivity contribution in [2.24, 2.45) is 0 Å². The van der Waals surface area contributed by atoms with Crippen molar-refractivity contribution < 1.29 is 15.0 Å². The molecular weight excluding hydrogens is 340 g/mol. The molecule has 0 saturated heterocycles. The number of nitrogens with one attached hydrogen (secondary N) is 1. The smallest absolute Gasteiger partial charge is 0.252 e. The summed E-state index contributed by atoms with van der Waals surface area (Å²) < 4.78 is 0. The normalized spacial score (nSPS) is 30.4. The van der Waals surface area contributed by atoms with Crippen LogP contribution in [0.5, 0.6) is 0 Å². The summed E-state index contributed by atoms with van der Waals surface area (Å²) in [4.78, 5) is 16.9. The van der Waals surface area contributed by atoms with Crippen LogP contribution in [0.2, 0.25) is 0 Å². The number of nitrogens with zero attached hydrogens (tertiary/aromatic N) is 1. The number of aliphatic hydroxyl groups is 2. The monoisotopic (exact) mass is 366 g/mol. The number of fused-ring (bicyclic) bond motifs is 1. The molecule has 1 aromatic carbocycles. The maximum atomic E-state index is 12.8. The summed E-state index contributed by atoms with van der Waals surface area (Å²) in [6.45, 7) is 0. The average molecular weight is 366 g/mol. The van der Waals surface area contributed by atoms with Crippen LogP contribution in [-0.2, 0) is 23.2 Å². The molecule has 27 heavy (non-hydrogen) atoms. The zero-order chi connectivity index (χ0) is 18.9. The van der Waals surface area contributed by atoms with Crippen LogP contribution in [0.4, 0.5) is 0 Å². The van der Waals surface area contributed by atoms with E-state index in [0.29, 0.717) is 44.9 Å². The lowest BCUT2D eigenvalue weighted by Gasteiger charge is -2.38. The Bertz CT molecular complexity index is 815. The van der Waals surface area contributed by atoms with Crippen molar-refractivity contribution in [2.45, 2.75) is 62.2 Å². The van der Waals surface area contributed by atoms with Gasteiger partial charge in [-0.25, -0.2) is 0 Å². The summed E-state index contributed by atoms with van der Waals surface area (Å²) in [7, 11) is 0. The van der Waals surface area contributed by atoms with Crippen molar-refractivity contribution >= 4 is 5.91 Å². The van der Waals surface area contributed by atoms with Crippen LogP contribution in [0.1, 0.15) is 48.8 Å². The minimum Gasteiger partial charge on any atom is -0.385 e. The second-order valence-electron chi connectivity index (χ2n) is 8.00. The fourth-order valence-electron chi connectivity index (χ4n) is 4.40. The van der Waals surface area contributed by atoms with Crippen LogP contribution in [0.3, 0.4) is 0 Å². The van der Waals surface area contributed by atoms with Crippen LogP contribution in [-0.4, -0.2) is 32.7 Å². The predicted molar refractivity (Wildman–Crippen MR) is 102 cm³/mol. The first-order chi connectivity index (χ1) is 13.0. The molecule has 1 unspecified atom stereocenters. The lowest BCUT2D eigenvalue weighted by atomic mass is 9.77. The fraction of sp³-hybridized carbons (Fsp3) is 0.455. The van der Waals surface area contributed by atoms with Gasteiger partial charge in [-0.1, -0.05) is 30.3 Å². The first kappa shape index (κ1) is 18.1. The van der Waals surface area contributed by atoms with Gasteiger partial charge in [-0.3, -0.25) is 9.78 Å². The Kier molecular flexibility index (Phi) is 4.74. The summed E-state index contributed by atoms with van der Waals surface area (Å²) in [5, 5.41) is 24.9. The Morgan fingerprint density at radius 1 is 1.04 bits per heavy atom. The van der Waals surface area contributed by atoms with Gasteiger partial charge in [0.2, 0.25) is 0 Å². The highest BCUT2D eigenvalue weighted by Gasteiger charge is 2.41. The number of hydrogen-bond acceptors (Lipinski definition) is 4. The Labute approximate surface area is 159 Å². The van der Waals surface area contributed by atoms with Gasteiger partial charge in [-0.05, 0) is 55.7 Å². The largest absolute Gasteiger partial charge is 0.385 e. The van der Waals surface area contributed by atoms with Gasteiger partial charge in [0, 0.05) is 30.4 Å². The SMILES string of the molecule is O=C(NC1CCC(O)(c2cccnc2)CC1)C1(O)CCc2ccccc2C1. The maximum absolute atomic E-state index is 12.8. The van der Waals surface area contributed by atoms with Crippen LogP contribution in [0, 0.1) is 0 Å². The van der Waals surface area contributed by atoms with E-state index in [2.05, 4.69) is 16.4 Å². The molecule has 2 aliphatic carbocycles. The van der Waals surface area contributed by atoms with Crippen LogP contribution in [0.15, 0.2) is 48.8 Å². The average Bonchev–Trinajstić information content (AvgIpc) is 2.70. The van der Waals surface area contributed by atoms with E-state index in [-0.39, 0.29) is 11.9 Å². The third-order valence-corrected chi connectivity index (χ3v) is 6.18. The van der Waals surface area contributed by atoms with Gasteiger partial charge in [-0.2, -0.15) is 0 Å². The minimum absolute atomic E-state index is 0.0179. The third kappa shape index (κ3) is 3.62. The molecule has 4 rings (SSSR count). The summed E-state index contributed by atoms with van der Waals surface area (Å²) >= 11 is 0. The molecule has 2 aromatic rings. The minimum atomic E-state index is -1.34. The van der Waals surface area contributed by atoms with E-state index in [9.17, 15) is 15.0 Å². The number of amides is 1. The van der Waals surface area contributed by atoms with E-state index >= 15 is 0 Å². The van der Waals surface area contributed by atoms with Gasteiger partial charge < -0.3 is 15.5 Å². The van der Waals surface area contributed by atoms with E-state index in [1.807, 2.05) is 30.3 Å². The van der Waals surface area contributed by atoms with E-state index in [0.717, 1.165) is 11.1 Å². The van der Waals surface area contributed by atoms with Crippen molar-refractivity contribution in [3.05, 3.63) is 65.5 Å². The number of carbonyl (C=O) groups is 1. The lowest BCUT2D eigenvalue weighted by molar-refractivity contribution is -0.142. The molecule has 3 N–H and O–H groups in total. The summed E-state index contributed by atoms with van der Waals surface area (Å²) in [5.41, 5.74) is 0.879. The molecule has 2 aliphatic rings. The second kappa shape index (κ2) is 7.06. The quantitative estimate of drug-likeness (QED) is 0.778. The van der Waals surface area contributed by atoms with Gasteiger partial charge in [0.05, 0.1) is 5.60 Å². The van der Waals surface area contributed by atoms with Crippen molar-refractivity contribution in [3.63, 3.8) is 0 Å². The number of carbonyl (C=O) groups excluding carboxylic acids is 1. The third-order valence-electron chi connectivity index (χ3n) is 6.18. The zero-order valence-corrected chi connectivity index (χ0v) is 15.4. The number of hydrogen-bond donors (Lipinski definition) is 3. The number of benzene rings is 1. The Morgan fingerprint density at radius 3 is 2.48 bits per heavy atom. The summed E-state index contributed by atoms with van der Waals surface area (Å²) in [5.74, 6) is -0.283. The first-order valence-corrected chi connectivity index (χ1v) is 9.72. The first-order valence-electron chi connectivity index (χ1n) is 9.72. The van der Waals surface area contributed by atoms with Crippen LogP contribution in [0.25, 0.3) is 0 Å². The second-order valence-corrected chi connectivity index (χ2v) is 8.00. The molecule has 1 saturated carbocycles. The van der Waals surface area contributed by atoms with Crippen molar-refractivity contribution in [1.82, 2.24) is 10.3 Å². The van der Waals surface area contributed by atoms with Crippen LogP contribution < -0.4 is 5.32 Å². The summed E-state index contributed by atoms with van der Waals surface area (Å²) in [6.07, 6.45) is 7.45. The zero-order valence-electron chi connectivity index (χ0n) is 15.4. The molecule has 0 bridgehead atoms. The molecule has 5 heteroatoms. The Hall–Kier alpha value is -2.24. The predicted octanol–water partition coefficient (Wildman–Crippen LogP) is 2.25. The molecule has 0 aliphatic heterocycles. The molecule has 0 spiro atoms. The van der Waals surface area contributed by atoms with Crippen LogP contribution >= 0.6 is 0 Å². The number of aromatic nitrogens is 1. The van der Waals surface area contributed by atoms with E-state index in [1.54, 1.807) is 12.4 Å². The highest BCUT2D eigenvalue weighted by Crippen LogP contribution is 2.37. The van der Waals surface area contributed by atoms with E-state index in [4.69, 9.17) is 0 Å². The van der Waals surface area contributed by atoms with Gasteiger partial charge in [0.1, 0.15) is 5.60 Å². The molecule has 1 heterocycles. The number of rotatable bonds is 3. The molecule has 1 amide bonds. The van der Waals surface area contributed by atoms with E-state index in [1.165, 1.54) is 5.56 Å². The van der Waals surface area contributed by atoms with E-state index < -0.39 is 11.2 Å². The molecule has 1 atom stereocenters. The van der Waals surface area contributed by atoms with Gasteiger partial charge in [0.15, 0.2) is 0 Å². The molecule has 1 aromatic heterocycles. The number of pyridine rings is 1. The molecular formula is C22H26N2O3. The van der Waals surface area contributed by atoms with Crippen molar-refractivity contribution in [2.75, 3.05) is 0 Å². The fourth-order valence-corrected chi connectivity index (χ4v) is 4.40. The Balaban J connectivity index is 1.37. The van der Waals surface area contributed by atoms with Gasteiger partial charge in [0.25, 0.3) is 5.91 Å². The molecule has 0 radical (unpaired) electrons. The Morgan fingerprint density at radius 2 is 1.78 bits per heavy atom. The van der Waals surface area contributed by atoms with Crippen molar-refractivity contribution in [1.29, 1.82) is 0 Å². The van der Waals surface area contributed by atoms with Gasteiger partial charge in [-0.15, -0.1) is 0 Å². The highest BCUT2D eigenvalue weighted by atomic mass is 16.3. The highest BCUT2D eigenvalue weighted by molar-refractivity contribution is 5.86. The summed E-state index contributed by atoms with van der Waals surface area (Å²) in [6, 6.07) is 11.7. The number of aryl methyl sites for hydroxylation is 1. The maximum Gasteiger partial charge on any atom is 0.252 e.